The Hall–Kier alpha value is -1.54. The van der Waals surface area contributed by atoms with Crippen LogP contribution in [0.1, 0.15) is 37.3 Å². The maximum absolute atomic E-state index is 12.9. The molecular formula is C18H19BrF3NO2S. The highest BCUT2D eigenvalue weighted by atomic mass is 79.9. The fraction of sp³-hybridized carbons (Fsp3) is 0.333. The van der Waals surface area contributed by atoms with E-state index in [0.29, 0.717) is 0 Å². The molecule has 0 bridgehead atoms. The van der Waals surface area contributed by atoms with Gasteiger partial charge in [0.1, 0.15) is 0 Å². The average molecular weight is 450 g/mol. The van der Waals surface area contributed by atoms with Crippen LogP contribution in [0, 0.1) is 0 Å². The van der Waals surface area contributed by atoms with E-state index in [2.05, 4.69) is 27.6 Å². The molecule has 0 aliphatic heterocycles. The highest BCUT2D eigenvalue weighted by Crippen LogP contribution is 2.34. The summed E-state index contributed by atoms with van der Waals surface area (Å²) >= 11 is 2.97. The van der Waals surface area contributed by atoms with Crippen LogP contribution in [0.2, 0.25) is 0 Å². The minimum atomic E-state index is -4.57. The molecule has 26 heavy (non-hydrogen) atoms. The quantitative estimate of drug-likeness (QED) is 0.526. The van der Waals surface area contributed by atoms with Crippen LogP contribution in [-0.2, 0) is 22.6 Å². The Morgan fingerprint density at radius 3 is 2.27 bits per heavy atom. The second-order valence-electron chi connectivity index (χ2n) is 5.93. The molecule has 0 aliphatic rings. The van der Waals surface area contributed by atoms with Gasteiger partial charge < -0.3 is 0 Å². The van der Waals surface area contributed by atoms with Crippen LogP contribution < -0.4 is 4.72 Å². The van der Waals surface area contributed by atoms with Gasteiger partial charge in [-0.2, -0.15) is 13.2 Å². The summed E-state index contributed by atoms with van der Waals surface area (Å²) in [5.74, 6) is 0. The van der Waals surface area contributed by atoms with Crippen molar-refractivity contribution >= 4 is 31.6 Å². The zero-order valence-electron chi connectivity index (χ0n) is 14.1. The molecule has 0 spiro atoms. The minimum absolute atomic E-state index is 0.00488. The number of hydrogen-bond donors (Lipinski definition) is 1. The van der Waals surface area contributed by atoms with Crippen LogP contribution in [0.5, 0.6) is 0 Å². The lowest BCUT2D eigenvalue weighted by Gasteiger charge is -2.12. The van der Waals surface area contributed by atoms with Gasteiger partial charge >= 0.3 is 6.18 Å². The molecule has 8 heteroatoms. The van der Waals surface area contributed by atoms with Crippen LogP contribution in [0.3, 0.4) is 0 Å². The summed E-state index contributed by atoms with van der Waals surface area (Å²) in [5, 5.41) is 0. The number of halogens is 4. The first-order valence-corrected chi connectivity index (χ1v) is 10.4. The molecule has 0 heterocycles. The third kappa shape index (κ3) is 5.74. The van der Waals surface area contributed by atoms with Gasteiger partial charge in [-0.1, -0.05) is 47.8 Å². The number of unbranched alkanes of at least 4 members (excludes halogenated alkanes) is 2. The van der Waals surface area contributed by atoms with Crippen molar-refractivity contribution in [1.82, 2.24) is 0 Å². The summed E-state index contributed by atoms with van der Waals surface area (Å²) in [4.78, 5) is 0.00488. The Kier molecular flexibility index (Phi) is 6.74. The minimum Gasteiger partial charge on any atom is -0.280 e. The number of benzene rings is 2. The Morgan fingerprint density at radius 1 is 1.04 bits per heavy atom. The first-order chi connectivity index (χ1) is 12.1. The average Bonchev–Trinajstić information content (AvgIpc) is 2.54. The van der Waals surface area contributed by atoms with Crippen molar-refractivity contribution in [1.29, 1.82) is 0 Å². The van der Waals surface area contributed by atoms with Gasteiger partial charge in [0.15, 0.2) is 0 Å². The van der Waals surface area contributed by atoms with E-state index >= 15 is 0 Å². The number of hydrogen-bond acceptors (Lipinski definition) is 2. The zero-order chi connectivity index (χ0) is 19.4. The molecule has 2 rings (SSSR count). The van der Waals surface area contributed by atoms with Crippen molar-refractivity contribution in [2.24, 2.45) is 0 Å². The monoisotopic (exact) mass is 449 g/mol. The molecule has 0 atom stereocenters. The van der Waals surface area contributed by atoms with E-state index in [-0.39, 0.29) is 15.1 Å². The lowest BCUT2D eigenvalue weighted by atomic mass is 10.1. The van der Waals surface area contributed by atoms with Crippen LogP contribution in [0.4, 0.5) is 18.9 Å². The third-order valence-electron chi connectivity index (χ3n) is 3.78. The zero-order valence-corrected chi connectivity index (χ0v) is 16.5. The lowest BCUT2D eigenvalue weighted by Crippen LogP contribution is -2.14. The fourth-order valence-corrected chi connectivity index (χ4v) is 3.97. The second-order valence-corrected chi connectivity index (χ2v) is 8.53. The topological polar surface area (TPSA) is 46.2 Å². The van der Waals surface area contributed by atoms with E-state index in [9.17, 15) is 21.6 Å². The second kappa shape index (κ2) is 8.43. The van der Waals surface area contributed by atoms with E-state index in [1.807, 2.05) is 0 Å². The van der Waals surface area contributed by atoms with E-state index in [0.717, 1.165) is 43.4 Å². The summed E-state index contributed by atoms with van der Waals surface area (Å²) in [6, 6.07) is 9.33. The molecule has 0 fully saturated rings. The van der Waals surface area contributed by atoms with Crippen molar-refractivity contribution in [2.75, 3.05) is 4.72 Å². The van der Waals surface area contributed by atoms with Gasteiger partial charge in [0, 0.05) is 4.47 Å². The van der Waals surface area contributed by atoms with Crippen LogP contribution in [-0.4, -0.2) is 8.42 Å². The van der Waals surface area contributed by atoms with Gasteiger partial charge in [0.05, 0.1) is 16.1 Å². The molecule has 0 amide bonds. The molecular weight excluding hydrogens is 431 g/mol. The van der Waals surface area contributed by atoms with Gasteiger partial charge in [-0.3, -0.25) is 4.72 Å². The molecule has 142 valence electrons. The predicted molar refractivity (Wildman–Crippen MR) is 99.6 cm³/mol. The number of rotatable bonds is 7. The molecule has 0 aromatic heterocycles. The van der Waals surface area contributed by atoms with Gasteiger partial charge in [-0.05, 0) is 48.7 Å². The summed E-state index contributed by atoms with van der Waals surface area (Å²) in [5.41, 5.74) is -0.0613. The molecule has 0 saturated heterocycles. The highest BCUT2D eigenvalue weighted by Gasteiger charge is 2.31. The Morgan fingerprint density at radius 2 is 1.69 bits per heavy atom. The smallest absolute Gasteiger partial charge is 0.280 e. The lowest BCUT2D eigenvalue weighted by molar-refractivity contribution is -0.137. The van der Waals surface area contributed by atoms with E-state index in [1.54, 1.807) is 12.1 Å². The molecule has 1 N–H and O–H groups in total. The summed E-state index contributed by atoms with van der Waals surface area (Å²) in [6.45, 7) is 2.10. The van der Waals surface area contributed by atoms with Crippen molar-refractivity contribution in [3.63, 3.8) is 0 Å². The van der Waals surface area contributed by atoms with E-state index < -0.39 is 21.8 Å². The first kappa shape index (κ1) is 20.8. The van der Waals surface area contributed by atoms with Gasteiger partial charge in [0.25, 0.3) is 10.0 Å². The van der Waals surface area contributed by atoms with Gasteiger partial charge in [-0.15, -0.1) is 0 Å². The largest absolute Gasteiger partial charge is 0.416 e. The van der Waals surface area contributed by atoms with E-state index in [4.69, 9.17) is 0 Å². The highest BCUT2D eigenvalue weighted by molar-refractivity contribution is 9.10. The normalized spacial score (nSPS) is 12.2. The van der Waals surface area contributed by atoms with E-state index in [1.165, 1.54) is 18.2 Å². The number of aryl methyl sites for hydroxylation is 1. The van der Waals surface area contributed by atoms with Crippen LogP contribution in [0.15, 0.2) is 51.8 Å². The maximum Gasteiger partial charge on any atom is 0.416 e. The number of anilines is 1. The molecule has 3 nitrogen and oxygen atoms in total. The summed E-state index contributed by atoms with van der Waals surface area (Å²) < 4.78 is 65.8. The van der Waals surface area contributed by atoms with Gasteiger partial charge in [-0.25, -0.2) is 8.42 Å². The molecule has 0 saturated carbocycles. The molecule has 2 aromatic carbocycles. The third-order valence-corrected chi connectivity index (χ3v) is 5.64. The van der Waals surface area contributed by atoms with Crippen molar-refractivity contribution < 1.29 is 21.6 Å². The van der Waals surface area contributed by atoms with Crippen molar-refractivity contribution in [2.45, 2.75) is 43.7 Å². The van der Waals surface area contributed by atoms with Crippen molar-refractivity contribution in [3.05, 3.63) is 58.1 Å². The summed E-state index contributed by atoms with van der Waals surface area (Å²) in [7, 11) is -3.97. The molecule has 0 radical (unpaired) electrons. The number of sulfonamides is 1. The van der Waals surface area contributed by atoms with Crippen LogP contribution in [0.25, 0.3) is 0 Å². The molecule has 0 aliphatic carbocycles. The summed E-state index contributed by atoms with van der Waals surface area (Å²) in [6.07, 6.45) is -0.472. The standard InChI is InChI=1S/C18H19BrF3NO2S/c1-2-3-4-5-13-6-8-17(9-7-13)26(24,25)23-16-11-14(18(20,21)22)10-15(19)12-16/h6-12,23H,2-5H2,1H3. The fourth-order valence-electron chi connectivity index (χ4n) is 2.44. The molecule has 0 unspecified atom stereocenters. The SMILES string of the molecule is CCCCCc1ccc(S(=O)(=O)Nc2cc(Br)cc(C(F)(F)F)c2)cc1. The predicted octanol–water partition coefficient (Wildman–Crippen LogP) is 6.00. The first-order valence-electron chi connectivity index (χ1n) is 8.11. The van der Waals surface area contributed by atoms with Crippen LogP contribution >= 0.6 is 15.9 Å². The van der Waals surface area contributed by atoms with Gasteiger partial charge in [0.2, 0.25) is 0 Å². The number of nitrogens with one attached hydrogen (secondary N) is 1. The molecule has 2 aromatic rings. The van der Waals surface area contributed by atoms with Crippen molar-refractivity contribution in [3.8, 4) is 0 Å². The Labute approximate surface area is 159 Å². The Bertz CT molecular complexity index is 850. The number of alkyl halides is 3. The maximum atomic E-state index is 12.9. The Balaban J connectivity index is 2.19.